The number of benzene rings is 2. The van der Waals surface area contributed by atoms with Crippen molar-refractivity contribution < 1.29 is 4.79 Å². The quantitative estimate of drug-likeness (QED) is 0.568. The topological polar surface area (TPSA) is 88.3 Å². The molecule has 8 nitrogen and oxygen atoms in total. The summed E-state index contributed by atoms with van der Waals surface area (Å²) in [6, 6.07) is 15.0. The third-order valence-corrected chi connectivity index (χ3v) is 5.74. The largest absolute Gasteiger partial charge is 0.275 e. The highest BCUT2D eigenvalue weighted by Crippen LogP contribution is 2.39. The van der Waals surface area contributed by atoms with Crippen LogP contribution in [0.25, 0.3) is 16.7 Å². The SMILES string of the molecule is O=C1CSC(c2ccc(Cl)cc2)N1Nc1nc2ccccc2n2nnnc12. The minimum absolute atomic E-state index is 0.0412. The maximum absolute atomic E-state index is 12.5. The number of hydrazine groups is 1. The van der Waals surface area contributed by atoms with Crippen LogP contribution in [0.15, 0.2) is 48.5 Å². The molecule has 1 saturated heterocycles. The van der Waals surface area contributed by atoms with Gasteiger partial charge in [0.2, 0.25) is 5.65 Å². The van der Waals surface area contributed by atoms with Crippen molar-refractivity contribution in [2.24, 2.45) is 0 Å². The number of tetrazole rings is 1. The predicted molar refractivity (Wildman–Crippen MR) is 103 cm³/mol. The lowest BCUT2D eigenvalue weighted by Crippen LogP contribution is -2.34. The Kier molecular flexibility index (Phi) is 3.83. The number of nitrogens with zero attached hydrogens (tertiary/aromatic N) is 6. The molecule has 4 aromatic rings. The van der Waals surface area contributed by atoms with Gasteiger partial charge in [-0.15, -0.1) is 16.9 Å². The Balaban J connectivity index is 1.57. The highest BCUT2D eigenvalue weighted by atomic mass is 35.5. The Morgan fingerprint density at radius 3 is 2.81 bits per heavy atom. The molecule has 5 rings (SSSR count). The number of para-hydroxylation sites is 2. The Morgan fingerprint density at radius 1 is 1.15 bits per heavy atom. The van der Waals surface area contributed by atoms with E-state index in [4.69, 9.17) is 11.6 Å². The van der Waals surface area contributed by atoms with Gasteiger partial charge in [0.15, 0.2) is 5.82 Å². The monoisotopic (exact) mass is 397 g/mol. The number of rotatable bonds is 3. The van der Waals surface area contributed by atoms with Gasteiger partial charge in [0.05, 0.1) is 16.8 Å². The first kappa shape index (κ1) is 16.3. The van der Waals surface area contributed by atoms with Crippen LogP contribution in [-0.4, -0.2) is 41.7 Å². The van der Waals surface area contributed by atoms with Crippen LogP contribution < -0.4 is 5.43 Å². The van der Waals surface area contributed by atoms with Gasteiger partial charge in [0.1, 0.15) is 5.37 Å². The second-order valence-corrected chi connectivity index (χ2v) is 7.46. The summed E-state index contributed by atoms with van der Waals surface area (Å²) in [6.07, 6.45) is 0. The zero-order valence-electron chi connectivity index (χ0n) is 13.8. The van der Waals surface area contributed by atoms with Crippen molar-refractivity contribution in [3.8, 4) is 0 Å². The van der Waals surface area contributed by atoms with Crippen LogP contribution in [0.1, 0.15) is 10.9 Å². The average Bonchev–Trinajstić information content (AvgIpc) is 3.31. The van der Waals surface area contributed by atoms with Crippen LogP contribution >= 0.6 is 23.4 Å². The number of fused-ring (bicyclic) bond motifs is 3. The zero-order chi connectivity index (χ0) is 18.4. The fraction of sp³-hybridized carbons (Fsp3) is 0.118. The Bertz CT molecular complexity index is 1160. The van der Waals surface area contributed by atoms with Crippen molar-refractivity contribution >= 4 is 51.8 Å². The van der Waals surface area contributed by atoms with Crippen molar-refractivity contribution in [3.63, 3.8) is 0 Å². The molecule has 27 heavy (non-hydrogen) atoms. The molecule has 1 atom stereocenters. The van der Waals surface area contributed by atoms with Gasteiger partial charge in [0.25, 0.3) is 5.91 Å². The summed E-state index contributed by atoms with van der Waals surface area (Å²) >= 11 is 7.52. The van der Waals surface area contributed by atoms with Crippen LogP contribution in [0.2, 0.25) is 5.02 Å². The maximum Gasteiger partial charge on any atom is 0.252 e. The summed E-state index contributed by atoms with van der Waals surface area (Å²) in [5, 5.41) is 13.9. The van der Waals surface area contributed by atoms with Crippen molar-refractivity contribution in [2.75, 3.05) is 11.2 Å². The van der Waals surface area contributed by atoms with Gasteiger partial charge < -0.3 is 0 Å². The predicted octanol–water partition coefficient (Wildman–Crippen LogP) is 2.93. The van der Waals surface area contributed by atoms with Crippen LogP contribution in [0.3, 0.4) is 0 Å². The molecule has 1 N–H and O–H groups in total. The second-order valence-electron chi connectivity index (χ2n) is 5.95. The molecule has 10 heteroatoms. The van der Waals surface area contributed by atoms with Crippen molar-refractivity contribution in [1.29, 1.82) is 0 Å². The van der Waals surface area contributed by atoms with Gasteiger partial charge in [-0.05, 0) is 40.3 Å². The molecule has 1 fully saturated rings. The van der Waals surface area contributed by atoms with Crippen molar-refractivity contribution in [3.05, 3.63) is 59.1 Å². The molecule has 2 aromatic carbocycles. The van der Waals surface area contributed by atoms with E-state index in [1.165, 1.54) is 11.8 Å². The van der Waals surface area contributed by atoms with E-state index in [2.05, 4.69) is 25.9 Å². The number of thioether (sulfide) groups is 1. The highest BCUT2D eigenvalue weighted by molar-refractivity contribution is 8.00. The minimum Gasteiger partial charge on any atom is -0.275 e. The highest BCUT2D eigenvalue weighted by Gasteiger charge is 2.34. The summed E-state index contributed by atoms with van der Waals surface area (Å²) in [4.78, 5) is 17.1. The van der Waals surface area contributed by atoms with E-state index in [-0.39, 0.29) is 11.3 Å². The maximum atomic E-state index is 12.5. The van der Waals surface area contributed by atoms with Crippen molar-refractivity contribution in [1.82, 2.24) is 30.0 Å². The zero-order valence-corrected chi connectivity index (χ0v) is 15.4. The Labute approximate surface area is 162 Å². The number of aromatic nitrogens is 5. The smallest absolute Gasteiger partial charge is 0.252 e. The van der Waals surface area contributed by atoms with E-state index in [0.29, 0.717) is 22.2 Å². The molecular formula is C17H12ClN7OS. The molecule has 0 spiro atoms. The number of carbonyl (C=O) groups excluding carboxylic acids is 1. The van der Waals surface area contributed by atoms with E-state index in [1.807, 2.05) is 48.5 Å². The number of hydrogen-bond acceptors (Lipinski definition) is 7. The molecule has 0 aliphatic carbocycles. The lowest BCUT2D eigenvalue weighted by atomic mass is 10.2. The molecule has 0 bridgehead atoms. The Hall–Kier alpha value is -2.91. The van der Waals surface area contributed by atoms with Gasteiger partial charge in [0, 0.05) is 5.02 Å². The van der Waals surface area contributed by atoms with Crippen LogP contribution in [-0.2, 0) is 4.79 Å². The molecular weight excluding hydrogens is 386 g/mol. The molecule has 1 unspecified atom stereocenters. The van der Waals surface area contributed by atoms with E-state index < -0.39 is 0 Å². The number of carbonyl (C=O) groups is 1. The van der Waals surface area contributed by atoms with Gasteiger partial charge in [-0.3, -0.25) is 10.2 Å². The number of halogens is 1. The molecule has 1 amide bonds. The van der Waals surface area contributed by atoms with Gasteiger partial charge >= 0.3 is 0 Å². The molecule has 3 heterocycles. The molecule has 2 aromatic heterocycles. The normalized spacial score (nSPS) is 17.1. The van der Waals surface area contributed by atoms with Crippen LogP contribution in [0, 0.1) is 0 Å². The average molecular weight is 398 g/mol. The van der Waals surface area contributed by atoms with Crippen LogP contribution in [0.4, 0.5) is 5.82 Å². The van der Waals surface area contributed by atoms with E-state index in [1.54, 1.807) is 9.52 Å². The molecule has 0 radical (unpaired) electrons. The lowest BCUT2D eigenvalue weighted by Gasteiger charge is -2.25. The lowest BCUT2D eigenvalue weighted by molar-refractivity contribution is -0.126. The first-order chi connectivity index (χ1) is 13.2. The third-order valence-electron chi connectivity index (χ3n) is 4.27. The number of amides is 1. The van der Waals surface area contributed by atoms with Crippen LogP contribution in [0.5, 0.6) is 0 Å². The first-order valence-electron chi connectivity index (χ1n) is 8.13. The summed E-state index contributed by atoms with van der Waals surface area (Å²) in [7, 11) is 0. The van der Waals surface area contributed by atoms with Gasteiger partial charge in [-0.2, -0.15) is 4.52 Å². The fourth-order valence-corrected chi connectivity index (χ4v) is 4.25. The molecule has 1 aliphatic heterocycles. The Morgan fingerprint density at radius 2 is 1.96 bits per heavy atom. The van der Waals surface area contributed by atoms with Crippen molar-refractivity contribution in [2.45, 2.75) is 5.37 Å². The number of anilines is 1. The fourth-order valence-electron chi connectivity index (χ4n) is 3.01. The van der Waals surface area contributed by atoms with E-state index in [9.17, 15) is 4.79 Å². The minimum atomic E-state index is -0.195. The summed E-state index contributed by atoms with van der Waals surface area (Å²) in [5.74, 6) is 0.754. The number of nitrogens with one attached hydrogen (secondary N) is 1. The standard InChI is InChI=1S/C17H12ClN7OS/c18-11-7-5-10(6-8-11)17-25(14(26)9-27-17)21-15-16-20-22-23-24(16)13-4-2-1-3-12(13)19-15/h1-8,17H,9H2,(H,19,21). The van der Waals surface area contributed by atoms with E-state index in [0.717, 1.165) is 16.6 Å². The second kappa shape index (κ2) is 6.36. The first-order valence-corrected chi connectivity index (χ1v) is 9.56. The van der Waals surface area contributed by atoms with Gasteiger partial charge in [-0.1, -0.05) is 35.9 Å². The summed E-state index contributed by atoms with van der Waals surface area (Å²) in [5.41, 5.74) is 6.07. The number of hydrogen-bond donors (Lipinski definition) is 1. The molecule has 0 saturated carbocycles. The summed E-state index contributed by atoms with van der Waals surface area (Å²) in [6.45, 7) is 0. The van der Waals surface area contributed by atoms with E-state index >= 15 is 0 Å². The summed E-state index contributed by atoms with van der Waals surface area (Å²) < 4.78 is 1.61. The molecule has 1 aliphatic rings. The molecule has 134 valence electrons. The third kappa shape index (κ3) is 2.75. The van der Waals surface area contributed by atoms with Gasteiger partial charge in [-0.25, -0.2) is 9.99 Å².